The molecule has 1 aliphatic heterocycles. The quantitative estimate of drug-likeness (QED) is 0.652. The molecule has 2 heterocycles. The van der Waals surface area contributed by atoms with Gasteiger partial charge in [-0.15, -0.1) is 12.4 Å². The molecule has 8 nitrogen and oxygen atoms in total. The smallest absolute Gasteiger partial charge is 0.341 e. The van der Waals surface area contributed by atoms with Gasteiger partial charge < -0.3 is 25.1 Å². The highest BCUT2D eigenvalue weighted by Gasteiger charge is 2.41. The number of anilines is 1. The number of aromatic nitrogens is 1. The number of aromatic carboxylic acids is 1. The number of hydrogen-bond acceptors (Lipinski definition) is 6. The number of nitrogens with two attached hydrogens (primary N) is 1. The SMILES string of the molecule is CCO/N=C1/CN(c2cc3c(cc2F)c(=O)c(C(=O)O)cn3C2CC2)CC1(C)CN.Cl. The maximum absolute atomic E-state index is 15.1. The maximum atomic E-state index is 15.1. The second kappa shape index (κ2) is 8.47. The fourth-order valence-electron chi connectivity index (χ4n) is 3.98. The molecule has 1 aromatic carbocycles. The van der Waals surface area contributed by atoms with Crippen molar-refractivity contribution < 1.29 is 19.1 Å². The van der Waals surface area contributed by atoms with Gasteiger partial charge in [-0.1, -0.05) is 12.1 Å². The number of hydrogen-bond donors (Lipinski definition) is 2. The Morgan fingerprint density at radius 2 is 2.13 bits per heavy atom. The Balaban J connectivity index is 0.00000272. The summed E-state index contributed by atoms with van der Waals surface area (Å²) >= 11 is 0. The van der Waals surface area contributed by atoms with E-state index in [4.69, 9.17) is 10.6 Å². The van der Waals surface area contributed by atoms with Gasteiger partial charge in [0.05, 0.1) is 23.5 Å². The van der Waals surface area contributed by atoms with Crippen molar-refractivity contribution in [2.75, 3.05) is 31.1 Å². The van der Waals surface area contributed by atoms with Crippen LogP contribution in [-0.4, -0.2) is 47.6 Å². The molecule has 4 rings (SSSR count). The molecule has 10 heteroatoms. The van der Waals surface area contributed by atoms with Gasteiger partial charge in [-0.25, -0.2) is 9.18 Å². The highest BCUT2D eigenvalue weighted by Crippen LogP contribution is 2.39. The topological polar surface area (TPSA) is 110 Å². The molecule has 168 valence electrons. The van der Waals surface area contributed by atoms with Crippen LogP contribution in [0.5, 0.6) is 0 Å². The van der Waals surface area contributed by atoms with E-state index in [9.17, 15) is 14.7 Å². The molecule has 0 amide bonds. The lowest BCUT2D eigenvalue weighted by Crippen LogP contribution is -2.36. The number of benzene rings is 1. The molecule has 1 saturated carbocycles. The summed E-state index contributed by atoms with van der Waals surface area (Å²) in [4.78, 5) is 31.2. The van der Waals surface area contributed by atoms with Gasteiger partial charge in [0.2, 0.25) is 5.43 Å². The van der Waals surface area contributed by atoms with Gasteiger partial charge in [0.25, 0.3) is 0 Å². The molecule has 0 spiro atoms. The maximum Gasteiger partial charge on any atom is 0.341 e. The van der Waals surface area contributed by atoms with Crippen LogP contribution in [0, 0.1) is 11.2 Å². The molecule has 2 fully saturated rings. The molecule has 2 aromatic rings. The summed E-state index contributed by atoms with van der Waals surface area (Å²) in [7, 11) is 0. The Morgan fingerprint density at radius 3 is 2.71 bits per heavy atom. The van der Waals surface area contributed by atoms with Crippen LogP contribution in [0.1, 0.15) is 43.1 Å². The predicted octanol–water partition coefficient (Wildman–Crippen LogP) is 2.77. The summed E-state index contributed by atoms with van der Waals surface area (Å²) in [5, 5.41) is 13.6. The zero-order valence-electron chi connectivity index (χ0n) is 17.4. The summed E-state index contributed by atoms with van der Waals surface area (Å²) in [6.07, 6.45) is 3.16. The molecule has 1 aliphatic carbocycles. The van der Waals surface area contributed by atoms with E-state index in [0.29, 0.717) is 37.4 Å². The minimum absolute atomic E-state index is 0. The van der Waals surface area contributed by atoms with Crippen molar-refractivity contribution in [3.8, 4) is 0 Å². The first-order chi connectivity index (χ1) is 14.3. The van der Waals surface area contributed by atoms with Gasteiger partial charge in [-0.3, -0.25) is 4.79 Å². The Morgan fingerprint density at radius 1 is 1.42 bits per heavy atom. The van der Waals surface area contributed by atoms with Crippen molar-refractivity contribution in [3.05, 3.63) is 39.9 Å². The van der Waals surface area contributed by atoms with Crippen LogP contribution in [-0.2, 0) is 4.84 Å². The van der Waals surface area contributed by atoms with Gasteiger partial charge in [-0.2, -0.15) is 0 Å². The van der Waals surface area contributed by atoms with Crippen molar-refractivity contribution in [1.82, 2.24) is 4.57 Å². The lowest BCUT2D eigenvalue weighted by Gasteiger charge is -2.24. The van der Waals surface area contributed by atoms with Gasteiger partial charge >= 0.3 is 5.97 Å². The van der Waals surface area contributed by atoms with E-state index in [1.807, 2.05) is 18.7 Å². The highest BCUT2D eigenvalue weighted by molar-refractivity contribution is 5.98. The fourth-order valence-corrected chi connectivity index (χ4v) is 3.98. The van der Waals surface area contributed by atoms with Gasteiger partial charge in [0, 0.05) is 36.1 Å². The van der Waals surface area contributed by atoms with Crippen molar-refractivity contribution in [2.24, 2.45) is 16.3 Å². The van der Waals surface area contributed by atoms with Gasteiger partial charge in [0.15, 0.2) is 0 Å². The summed E-state index contributed by atoms with van der Waals surface area (Å²) in [6.45, 7) is 5.37. The molecule has 1 unspecified atom stereocenters. The molecule has 31 heavy (non-hydrogen) atoms. The summed E-state index contributed by atoms with van der Waals surface area (Å²) in [5.41, 5.74) is 6.11. The second-order valence-electron chi connectivity index (χ2n) is 8.21. The van der Waals surface area contributed by atoms with E-state index < -0.39 is 22.6 Å². The second-order valence-corrected chi connectivity index (χ2v) is 8.21. The minimum atomic E-state index is -1.31. The third kappa shape index (κ3) is 3.99. The van der Waals surface area contributed by atoms with E-state index in [1.54, 1.807) is 10.6 Å². The molecular weight excluding hydrogens is 427 g/mol. The average molecular weight is 453 g/mol. The number of nitrogens with zero attached hydrogens (tertiary/aromatic N) is 3. The third-order valence-corrected chi connectivity index (χ3v) is 5.94. The van der Waals surface area contributed by atoms with Crippen LogP contribution in [0.4, 0.5) is 10.1 Å². The first kappa shape index (κ1) is 23.0. The van der Waals surface area contributed by atoms with E-state index in [0.717, 1.165) is 24.6 Å². The monoisotopic (exact) mass is 452 g/mol. The molecule has 1 saturated heterocycles. The molecular formula is C21H26ClFN4O4. The molecule has 1 atom stereocenters. The lowest BCUT2D eigenvalue weighted by atomic mass is 9.88. The van der Waals surface area contributed by atoms with Crippen LogP contribution in [0.3, 0.4) is 0 Å². The van der Waals surface area contributed by atoms with Crippen LogP contribution in [0.15, 0.2) is 28.3 Å². The third-order valence-electron chi connectivity index (χ3n) is 5.94. The number of carboxylic acid groups (broad SMARTS) is 1. The van der Waals surface area contributed by atoms with E-state index >= 15 is 4.39 Å². The van der Waals surface area contributed by atoms with Crippen LogP contribution in [0.2, 0.25) is 0 Å². The number of fused-ring (bicyclic) bond motifs is 1. The molecule has 3 N–H and O–H groups in total. The number of halogens is 2. The zero-order valence-corrected chi connectivity index (χ0v) is 18.2. The fraction of sp³-hybridized carbons (Fsp3) is 0.476. The Bertz CT molecular complexity index is 1110. The average Bonchev–Trinajstić information content (AvgIpc) is 3.50. The summed E-state index contributed by atoms with van der Waals surface area (Å²) in [5.74, 6) is -1.89. The number of carboxylic acids is 1. The molecule has 0 radical (unpaired) electrons. The molecule has 2 aliphatic rings. The number of carbonyl (C=O) groups is 1. The van der Waals surface area contributed by atoms with Crippen molar-refractivity contribution in [1.29, 1.82) is 0 Å². The van der Waals surface area contributed by atoms with Crippen molar-refractivity contribution >= 4 is 40.7 Å². The number of pyridine rings is 1. The normalized spacial score (nSPS) is 22.1. The highest BCUT2D eigenvalue weighted by atomic mass is 35.5. The number of oxime groups is 1. The van der Waals surface area contributed by atoms with Gasteiger partial charge in [0.1, 0.15) is 18.0 Å². The number of rotatable bonds is 6. The summed E-state index contributed by atoms with van der Waals surface area (Å²) in [6, 6.07) is 2.90. The Hall–Kier alpha value is -2.65. The van der Waals surface area contributed by atoms with E-state index in [2.05, 4.69) is 5.16 Å². The zero-order chi connectivity index (χ0) is 21.6. The van der Waals surface area contributed by atoms with Gasteiger partial charge in [-0.05, 0) is 31.9 Å². The first-order valence-electron chi connectivity index (χ1n) is 10.0. The van der Waals surface area contributed by atoms with Crippen molar-refractivity contribution in [2.45, 2.75) is 32.7 Å². The Labute approximate surface area is 184 Å². The standard InChI is InChI=1S/C21H25FN4O4.ClH/c1-3-30-24-18-9-25(11-21(18,2)10-23)17-7-16-13(6-15(17)22)19(27)14(20(28)29)8-26(16)12-4-5-12;/h6-8,12H,3-5,9-11,23H2,1-2H3,(H,28,29);1H/b24-18-;. The van der Waals surface area contributed by atoms with Crippen molar-refractivity contribution in [3.63, 3.8) is 0 Å². The largest absolute Gasteiger partial charge is 0.477 e. The molecule has 1 aromatic heterocycles. The van der Waals surface area contributed by atoms with E-state index in [1.165, 1.54) is 6.20 Å². The first-order valence-corrected chi connectivity index (χ1v) is 10.0. The van der Waals surface area contributed by atoms with Crippen LogP contribution >= 0.6 is 12.4 Å². The van der Waals surface area contributed by atoms with Crippen LogP contribution < -0.4 is 16.1 Å². The lowest BCUT2D eigenvalue weighted by molar-refractivity contribution is 0.0695. The van der Waals surface area contributed by atoms with E-state index in [-0.39, 0.29) is 29.4 Å². The predicted molar refractivity (Wildman–Crippen MR) is 119 cm³/mol. The Kier molecular flexibility index (Phi) is 6.29. The van der Waals surface area contributed by atoms with Crippen LogP contribution in [0.25, 0.3) is 10.9 Å². The molecule has 0 bridgehead atoms. The summed E-state index contributed by atoms with van der Waals surface area (Å²) < 4.78 is 16.9. The minimum Gasteiger partial charge on any atom is -0.477 e.